The van der Waals surface area contributed by atoms with Crippen LogP contribution in [0.2, 0.25) is 0 Å². The van der Waals surface area contributed by atoms with Crippen LogP contribution in [-0.4, -0.2) is 43.4 Å². The van der Waals surface area contributed by atoms with Crippen LogP contribution in [0.3, 0.4) is 0 Å². The molecule has 2 N–H and O–H groups in total. The zero-order chi connectivity index (χ0) is 20.6. The third kappa shape index (κ3) is 5.80. The molecule has 0 spiro atoms. The minimum absolute atomic E-state index is 0.145. The van der Waals surface area contributed by atoms with E-state index in [1.165, 1.54) is 11.8 Å². The van der Waals surface area contributed by atoms with Gasteiger partial charge in [0.05, 0.1) is 6.26 Å². The summed E-state index contributed by atoms with van der Waals surface area (Å²) >= 11 is 0. The number of benzene rings is 2. The number of rotatable bonds is 8. The van der Waals surface area contributed by atoms with E-state index in [4.69, 9.17) is 4.42 Å². The maximum atomic E-state index is 12.5. The maximum absolute atomic E-state index is 12.5. The zero-order valence-electron chi connectivity index (χ0n) is 16.6. The van der Waals surface area contributed by atoms with Crippen LogP contribution in [-0.2, 0) is 6.42 Å². The van der Waals surface area contributed by atoms with Crippen molar-refractivity contribution in [2.45, 2.75) is 12.5 Å². The lowest BCUT2D eigenvalue weighted by atomic mass is 10.0. The number of amides is 2. The molecular formula is C23H25N3O3. The van der Waals surface area contributed by atoms with E-state index in [-0.39, 0.29) is 23.6 Å². The number of furan rings is 1. The molecule has 1 atom stereocenters. The molecule has 3 rings (SSSR count). The highest BCUT2D eigenvalue weighted by atomic mass is 16.3. The van der Waals surface area contributed by atoms with Crippen molar-refractivity contribution in [2.24, 2.45) is 0 Å². The van der Waals surface area contributed by atoms with Crippen LogP contribution in [0.15, 0.2) is 77.4 Å². The van der Waals surface area contributed by atoms with Crippen molar-refractivity contribution < 1.29 is 14.0 Å². The van der Waals surface area contributed by atoms with Gasteiger partial charge in [0, 0.05) is 23.8 Å². The van der Waals surface area contributed by atoms with Crippen LogP contribution in [0.1, 0.15) is 26.5 Å². The zero-order valence-corrected chi connectivity index (χ0v) is 16.6. The van der Waals surface area contributed by atoms with Crippen LogP contribution in [0.4, 0.5) is 5.69 Å². The first-order chi connectivity index (χ1) is 14.0. The normalized spacial score (nSPS) is 11.8. The minimum Gasteiger partial charge on any atom is -0.459 e. The fourth-order valence-corrected chi connectivity index (χ4v) is 2.94. The van der Waals surface area contributed by atoms with E-state index >= 15 is 0 Å². The van der Waals surface area contributed by atoms with Crippen molar-refractivity contribution >= 4 is 17.5 Å². The number of hydrogen-bond donors (Lipinski definition) is 2. The van der Waals surface area contributed by atoms with Crippen molar-refractivity contribution in [3.8, 4) is 0 Å². The monoisotopic (exact) mass is 391 g/mol. The third-order valence-corrected chi connectivity index (χ3v) is 4.69. The number of anilines is 1. The summed E-state index contributed by atoms with van der Waals surface area (Å²) < 4.78 is 5.07. The van der Waals surface area contributed by atoms with E-state index in [0.717, 1.165) is 6.42 Å². The number of carbonyl (C=O) groups is 2. The molecule has 0 fully saturated rings. The Kier molecular flexibility index (Phi) is 6.81. The fraction of sp³-hybridized carbons (Fsp3) is 0.217. The van der Waals surface area contributed by atoms with Gasteiger partial charge in [-0.15, -0.1) is 0 Å². The fourth-order valence-electron chi connectivity index (χ4n) is 2.94. The SMILES string of the molecule is CN(C)[C@H](CNC(=O)c1ccc(NC(=O)c2ccco2)cc1)Cc1ccccc1. The Bertz CT molecular complexity index is 920. The summed E-state index contributed by atoms with van der Waals surface area (Å²) in [5, 5.41) is 5.73. The van der Waals surface area contributed by atoms with Gasteiger partial charge in [0.15, 0.2) is 5.76 Å². The van der Waals surface area contributed by atoms with Gasteiger partial charge in [0.25, 0.3) is 11.8 Å². The van der Waals surface area contributed by atoms with Gasteiger partial charge in [-0.05, 0) is 62.5 Å². The van der Waals surface area contributed by atoms with Crippen molar-refractivity contribution in [1.29, 1.82) is 0 Å². The van der Waals surface area contributed by atoms with E-state index in [1.807, 2.05) is 32.3 Å². The lowest BCUT2D eigenvalue weighted by Crippen LogP contribution is -2.41. The Hall–Kier alpha value is -3.38. The summed E-state index contributed by atoms with van der Waals surface area (Å²) in [6.07, 6.45) is 2.30. The quantitative estimate of drug-likeness (QED) is 0.617. The predicted molar refractivity (Wildman–Crippen MR) is 113 cm³/mol. The number of likely N-dealkylation sites (N-methyl/N-ethyl adjacent to an activating group) is 1. The summed E-state index contributed by atoms with van der Waals surface area (Å²) in [5.41, 5.74) is 2.37. The van der Waals surface area contributed by atoms with Gasteiger partial charge >= 0.3 is 0 Å². The van der Waals surface area contributed by atoms with Crippen LogP contribution in [0, 0.1) is 0 Å². The highest BCUT2D eigenvalue weighted by Crippen LogP contribution is 2.12. The molecule has 3 aromatic rings. The molecule has 6 nitrogen and oxygen atoms in total. The van der Waals surface area contributed by atoms with Crippen LogP contribution in [0.25, 0.3) is 0 Å². The molecule has 0 aliphatic rings. The molecule has 0 aliphatic carbocycles. The second-order valence-electron chi connectivity index (χ2n) is 7.03. The van der Waals surface area contributed by atoms with E-state index in [1.54, 1.807) is 36.4 Å². The van der Waals surface area contributed by atoms with Crippen molar-refractivity contribution in [3.63, 3.8) is 0 Å². The largest absolute Gasteiger partial charge is 0.459 e. The van der Waals surface area contributed by atoms with Gasteiger partial charge < -0.3 is 20.0 Å². The number of nitrogens with one attached hydrogen (secondary N) is 2. The number of hydrogen-bond acceptors (Lipinski definition) is 4. The standard InChI is InChI=1S/C23H25N3O3/c1-26(2)20(15-17-7-4-3-5-8-17)16-24-22(27)18-10-12-19(13-11-18)25-23(28)21-9-6-14-29-21/h3-14,20H,15-16H2,1-2H3,(H,24,27)(H,25,28)/t20-/m0/s1. The Morgan fingerprint density at radius 1 is 0.931 bits per heavy atom. The first-order valence-electron chi connectivity index (χ1n) is 9.46. The van der Waals surface area contributed by atoms with Gasteiger partial charge in [0.1, 0.15) is 0 Å². The smallest absolute Gasteiger partial charge is 0.291 e. The van der Waals surface area contributed by atoms with Crippen molar-refractivity contribution in [1.82, 2.24) is 10.2 Å². The molecule has 0 bridgehead atoms. The first kappa shape index (κ1) is 20.4. The van der Waals surface area contributed by atoms with Crippen LogP contribution < -0.4 is 10.6 Å². The average molecular weight is 391 g/mol. The molecule has 0 radical (unpaired) electrons. The molecule has 2 amide bonds. The molecule has 0 aliphatic heterocycles. The van der Waals surface area contributed by atoms with Gasteiger partial charge in [-0.25, -0.2) is 0 Å². The highest BCUT2D eigenvalue weighted by Gasteiger charge is 2.15. The predicted octanol–water partition coefficient (Wildman–Crippen LogP) is 3.43. The highest BCUT2D eigenvalue weighted by molar-refractivity contribution is 6.02. The lowest BCUT2D eigenvalue weighted by Gasteiger charge is -2.24. The van der Waals surface area contributed by atoms with Gasteiger partial charge in [-0.1, -0.05) is 30.3 Å². The van der Waals surface area contributed by atoms with Gasteiger partial charge in [-0.2, -0.15) is 0 Å². The molecule has 2 aromatic carbocycles. The van der Waals surface area contributed by atoms with Crippen molar-refractivity contribution in [3.05, 3.63) is 89.9 Å². The number of nitrogens with zero attached hydrogens (tertiary/aromatic N) is 1. The van der Waals surface area contributed by atoms with Crippen LogP contribution >= 0.6 is 0 Å². The molecule has 29 heavy (non-hydrogen) atoms. The second-order valence-corrected chi connectivity index (χ2v) is 7.03. The van der Waals surface area contributed by atoms with Crippen molar-refractivity contribution in [2.75, 3.05) is 26.0 Å². The molecule has 0 saturated carbocycles. The third-order valence-electron chi connectivity index (χ3n) is 4.69. The van der Waals surface area contributed by atoms with Gasteiger partial charge in [-0.3, -0.25) is 9.59 Å². The molecule has 1 heterocycles. The summed E-state index contributed by atoms with van der Waals surface area (Å²) in [6, 6.07) is 20.4. The molecular weight excluding hydrogens is 366 g/mol. The average Bonchev–Trinajstić information content (AvgIpc) is 3.27. The van der Waals surface area contributed by atoms with E-state index < -0.39 is 0 Å². The molecule has 1 aromatic heterocycles. The lowest BCUT2D eigenvalue weighted by molar-refractivity contribution is 0.0941. The Labute approximate surface area is 170 Å². The molecule has 0 unspecified atom stereocenters. The summed E-state index contributed by atoms with van der Waals surface area (Å²) in [5.74, 6) is -0.240. The Morgan fingerprint density at radius 3 is 2.28 bits per heavy atom. The summed E-state index contributed by atoms with van der Waals surface area (Å²) in [6.45, 7) is 0.539. The van der Waals surface area contributed by atoms with Crippen LogP contribution in [0.5, 0.6) is 0 Å². The maximum Gasteiger partial charge on any atom is 0.291 e. The summed E-state index contributed by atoms with van der Waals surface area (Å²) in [7, 11) is 4.02. The Morgan fingerprint density at radius 2 is 1.66 bits per heavy atom. The molecule has 6 heteroatoms. The van der Waals surface area contributed by atoms with E-state index in [9.17, 15) is 9.59 Å². The second kappa shape index (κ2) is 9.71. The summed E-state index contributed by atoms with van der Waals surface area (Å²) in [4.78, 5) is 26.6. The minimum atomic E-state index is -0.332. The topological polar surface area (TPSA) is 74.6 Å². The van der Waals surface area contributed by atoms with E-state index in [0.29, 0.717) is 17.8 Å². The number of carbonyl (C=O) groups excluding carboxylic acids is 2. The first-order valence-corrected chi connectivity index (χ1v) is 9.46. The van der Waals surface area contributed by atoms with Gasteiger partial charge in [0.2, 0.25) is 0 Å². The van der Waals surface area contributed by atoms with E-state index in [2.05, 4.69) is 27.7 Å². The molecule has 0 saturated heterocycles. The molecule has 150 valence electrons. The Balaban J connectivity index is 1.55.